The zero-order valence-electron chi connectivity index (χ0n) is 13.9. The van der Waals surface area contributed by atoms with Gasteiger partial charge in [0.1, 0.15) is 17.1 Å². The second-order valence-electron chi connectivity index (χ2n) is 4.88. The summed E-state index contributed by atoms with van der Waals surface area (Å²) < 4.78 is 9.89. The van der Waals surface area contributed by atoms with Crippen LogP contribution in [0.25, 0.3) is 0 Å². The first-order valence-electron chi connectivity index (χ1n) is 7.03. The number of aryl methyl sites for hydroxylation is 2. The lowest BCUT2D eigenvalue weighted by Crippen LogP contribution is -2.02. The van der Waals surface area contributed by atoms with Crippen molar-refractivity contribution in [3.05, 3.63) is 58.7 Å². The molecular weight excluding hydrogens is 332 g/mol. The molecule has 1 N–H and O–H groups in total. The second kappa shape index (κ2) is 8.93. The quantitative estimate of drug-likeness (QED) is 0.841. The Balaban J connectivity index is 0.000000240. The molecule has 0 unspecified atom stereocenters. The highest BCUT2D eigenvalue weighted by molar-refractivity contribution is 6.68. The average Bonchev–Trinajstić information content (AvgIpc) is 2.54. The smallest absolute Gasteiger partial charge is 0.339 e. The molecule has 0 aliphatic carbocycles. The second-order valence-corrected chi connectivity index (χ2v) is 5.23. The van der Waals surface area contributed by atoms with Gasteiger partial charge < -0.3 is 14.6 Å². The van der Waals surface area contributed by atoms with Gasteiger partial charge >= 0.3 is 5.97 Å². The van der Waals surface area contributed by atoms with Gasteiger partial charge in [0, 0.05) is 0 Å². The number of carbonyl (C=O) groups is 2. The number of carbonyl (C=O) groups excluding carboxylic acids is 1. The van der Waals surface area contributed by atoms with Crippen molar-refractivity contribution in [2.24, 2.45) is 0 Å². The highest BCUT2D eigenvalue weighted by Gasteiger charge is 2.12. The fraction of sp³-hybridized carbons (Fsp3) is 0.222. The van der Waals surface area contributed by atoms with Crippen molar-refractivity contribution >= 4 is 22.8 Å². The lowest BCUT2D eigenvalue weighted by Gasteiger charge is -2.06. The van der Waals surface area contributed by atoms with Gasteiger partial charge in [0.2, 0.25) is 0 Å². The van der Waals surface area contributed by atoms with Crippen LogP contribution in [0.5, 0.6) is 11.5 Å². The molecule has 0 spiro atoms. The topological polar surface area (TPSA) is 72.8 Å². The van der Waals surface area contributed by atoms with E-state index in [4.69, 9.17) is 26.2 Å². The average molecular weight is 351 g/mol. The molecule has 24 heavy (non-hydrogen) atoms. The molecule has 2 aromatic rings. The summed E-state index contributed by atoms with van der Waals surface area (Å²) in [6.07, 6.45) is 0. The summed E-state index contributed by atoms with van der Waals surface area (Å²) >= 11 is 5.37. The Morgan fingerprint density at radius 3 is 1.58 bits per heavy atom. The van der Waals surface area contributed by atoms with E-state index in [1.165, 1.54) is 14.2 Å². The number of carboxylic acids is 1. The van der Waals surface area contributed by atoms with E-state index in [0.717, 1.165) is 5.56 Å². The third-order valence-corrected chi connectivity index (χ3v) is 3.51. The summed E-state index contributed by atoms with van der Waals surface area (Å²) in [5, 5.41) is 8.32. The van der Waals surface area contributed by atoms with Gasteiger partial charge in [-0.25, -0.2) is 4.79 Å². The molecule has 0 aliphatic rings. The van der Waals surface area contributed by atoms with Crippen LogP contribution in [0.2, 0.25) is 0 Å². The van der Waals surface area contributed by atoms with Gasteiger partial charge in [0.25, 0.3) is 5.24 Å². The molecule has 6 heteroatoms. The third kappa shape index (κ3) is 4.73. The molecule has 0 radical (unpaired) electrons. The highest BCUT2D eigenvalue weighted by Crippen LogP contribution is 2.23. The Bertz CT molecular complexity index is 677. The van der Waals surface area contributed by atoms with Crippen molar-refractivity contribution in [2.45, 2.75) is 13.8 Å². The summed E-state index contributed by atoms with van der Waals surface area (Å²) in [6.45, 7) is 3.56. The number of rotatable bonds is 4. The molecule has 0 atom stereocenters. The zero-order chi connectivity index (χ0) is 18.3. The summed E-state index contributed by atoms with van der Waals surface area (Å²) in [5.74, 6) is -0.0255. The first kappa shape index (κ1) is 19.5. The van der Waals surface area contributed by atoms with Crippen LogP contribution >= 0.6 is 11.6 Å². The molecule has 0 saturated carbocycles. The van der Waals surface area contributed by atoms with E-state index in [1.807, 2.05) is 19.1 Å². The van der Waals surface area contributed by atoms with Crippen LogP contribution in [-0.2, 0) is 0 Å². The van der Waals surface area contributed by atoms with Crippen LogP contribution < -0.4 is 9.47 Å². The fourth-order valence-electron chi connectivity index (χ4n) is 2.15. The van der Waals surface area contributed by atoms with E-state index in [2.05, 4.69) is 0 Å². The zero-order valence-corrected chi connectivity index (χ0v) is 14.7. The molecule has 0 bridgehead atoms. The van der Waals surface area contributed by atoms with Crippen LogP contribution in [0.3, 0.4) is 0 Å². The number of hydrogen-bond acceptors (Lipinski definition) is 4. The van der Waals surface area contributed by atoms with E-state index in [1.54, 1.807) is 31.2 Å². The minimum Gasteiger partial charge on any atom is -0.496 e. The van der Waals surface area contributed by atoms with Gasteiger partial charge in [0.15, 0.2) is 0 Å². The number of aromatic carboxylic acids is 1. The van der Waals surface area contributed by atoms with Gasteiger partial charge in [-0.15, -0.1) is 0 Å². The Labute approximate surface area is 145 Å². The SMILES string of the molecule is COc1cccc(C)c1C(=O)Cl.COc1cccc(C)c1C(=O)O. The Morgan fingerprint density at radius 2 is 1.29 bits per heavy atom. The third-order valence-electron chi connectivity index (χ3n) is 3.32. The molecule has 2 aromatic carbocycles. The maximum Gasteiger partial charge on any atom is 0.339 e. The minimum absolute atomic E-state index is 0.236. The van der Waals surface area contributed by atoms with Crippen molar-refractivity contribution in [3.63, 3.8) is 0 Å². The molecule has 5 nitrogen and oxygen atoms in total. The van der Waals surface area contributed by atoms with E-state index in [-0.39, 0.29) is 5.56 Å². The molecule has 0 amide bonds. The van der Waals surface area contributed by atoms with Gasteiger partial charge in [-0.1, -0.05) is 24.3 Å². The molecule has 0 fully saturated rings. The monoisotopic (exact) mass is 350 g/mol. The van der Waals surface area contributed by atoms with Crippen molar-refractivity contribution in [2.75, 3.05) is 14.2 Å². The summed E-state index contributed by atoms with van der Waals surface area (Å²) in [6, 6.07) is 10.5. The van der Waals surface area contributed by atoms with Crippen LogP contribution in [0.15, 0.2) is 36.4 Å². The molecule has 0 aliphatic heterocycles. The van der Waals surface area contributed by atoms with Gasteiger partial charge in [-0.3, -0.25) is 4.79 Å². The molecular formula is C18H19ClO5. The predicted octanol–water partition coefficient (Wildman–Crippen LogP) is 4.08. The molecule has 0 heterocycles. The van der Waals surface area contributed by atoms with E-state index in [0.29, 0.717) is 22.6 Å². The molecule has 128 valence electrons. The fourth-order valence-corrected chi connectivity index (χ4v) is 2.39. The van der Waals surface area contributed by atoms with Crippen molar-refractivity contribution in [1.29, 1.82) is 0 Å². The van der Waals surface area contributed by atoms with Crippen molar-refractivity contribution in [3.8, 4) is 11.5 Å². The van der Waals surface area contributed by atoms with Crippen LogP contribution in [-0.4, -0.2) is 30.5 Å². The predicted molar refractivity (Wildman–Crippen MR) is 92.6 cm³/mol. The Kier molecular flexibility index (Phi) is 7.27. The van der Waals surface area contributed by atoms with Crippen LogP contribution in [0.4, 0.5) is 0 Å². The normalized spacial score (nSPS) is 9.54. The first-order valence-corrected chi connectivity index (χ1v) is 7.41. The number of methoxy groups -OCH3 is 2. The minimum atomic E-state index is -0.954. The van der Waals surface area contributed by atoms with Crippen molar-refractivity contribution < 1.29 is 24.2 Å². The van der Waals surface area contributed by atoms with Gasteiger partial charge in [-0.2, -0.15) is 0 Å². The molecule has 0 aromatic heterocycles. The summed E-state index contributed by atoms with van der Waals surface area (Å²) in [5.41, 5.74) is 2.22. The van der Waals surface area contributed by atoms with Crippen LogP contribution in [0.1, 0.15) is 31.8 Å². The summed E-state index contributed by atoms with van der Waals surface area (Å²) in [7, 11) is 2.97. The van der Waals surface area contributed by atoms with Crippen molar-refractivity contribution in [1.82, 2.24) is 0 Å². The van der Waals surface area contributed by atoms with Crippen LogP contribution in [0, 0.1) is 13.8 Å². The number of ether oxygens (including phenoxy) is 2. The largest absolute Gasteiger partial charge is 0.496 e. The Morgan fingerprint density at radius 1 is 0.875 bits per heavy atom. The molecule has 0 saturated heterocycles. The van der Waals surface area contributed by atoms with E-state index < -0.39 is 11.2 Å². The van der Waals surface area contributed by atoms with E-state index in [9.17, 15) is 9.59 Å². The van der Waals surface area contributed by atoms with E-state index >= 15 is 0 Å². The standard InChI is InChI=1S/C9H9ClO2.C9H10O3/c2*1-6-4-3-5-7(12-2)8(6)9(10)11/h3-5H,1-2H3;3-5H,1-2H3,(H,10,11). The maximum atomic E-state index is 10.9. The highest BCUT2D eigenvalue weighted by atomic mass is 35.5. The Hall–Kier alpha value is -2.53. The number of halogens is 1. The lowest BCUT2D eigenvalue weighted by atomic mass is 10.1. The van der Waals surface area contributed by atoms with Gasteiger partial charge in [0.05, 0.1) is 19.8 Å². The number of carboxylic acid groups (broad SMARTS) is 1. The maximum absolute atomic E-state index is 10.9. The molecule has 2 rings (SSSR count). The number of benzene rings is 2. The van der Waals surface area contributed by atoms with Gasteiger partial charge in [-0.05, 0) is 48.7 Å². The first-order chi connectivity index (χ1) is 11.3. The lowest BCUT2D eigenvalue weighted by molar-refractivity contribution is 0.0692. The number of hydrogen-bond donors (Lipinski definition) is 1. The summed E-state index contributed by atoms with van der Waals surface area (Å²) in [4.78, 5) is 21.7.